The Balaban J connectivity index is 1.91. The van der Waals surface area contributed by atoms with E-state index in [1.807, 2.05) is 27.7 Å². The molecule has 0 saturated carbocycles. The molecule has 2 saturated heterocycles. The number of nitrogens with zero attached hydrogens (tertiary/aromatic N) is 1. The first-order valence-corrected chi connectivity index (χ1v) is 7.14. The van der Waals surface area contributed by atoms with Crippen molar-refractivity contribution in [1.82, 2.24) is 10.2 Å². The number of carbonyl (C=O) groups excluding carboxylic acids is 1. The number of ether oxygens (including phenoxy) is 2. The predicted molar refractivity (Wildman–Crippen MR) is 72.9 cm³/mol. The van der Waals surface area contributed by atoms with Crippen LogP contribution in [0.1, 0.15) is 47.5 Å². The standard InChI is InChI=1S/C14H26N2O3/c1-10-14(18-11(2)15-10)6-8-16(9-7-14)12(17)19-13(3,4)5/h10-11,15H,6-9H2,1-5H3/t10-,11?/m1/s1. The first-order chi connectivity index (χ1) is 8.72. The van der Waals surface area contributed by atoms with Gasteiger partial charge in [-0.1, -0.05) is 0 Å². The number of hydrogen-bond donors (Lipinski definition) is 1. The number of likely N-dealkylation sites (tertiary alicyclic amines) is 1. The van der Waals surface area contributed by atoms with Crippen LogP contribution < -0.4 is 5.32 Å². The van der Waals surface area contributed by atoms with Gasteiger partial charge in [-0.3, -0.25) is 5.32 Å². The zero-order chi connectivity index (χ0) is 14.3. The highest BCUT2D eigenvalue weighted by atomic mass is 16.6. The van der Waals surface area contributed by atoms with Crippen LogP contribution >= 0.6 is 0 Å². The van der Waals surface area contributed by atoms with Crippen molar-refractivity contribution in [2.45, 2.75) is 70.9 Å². The van der Waals surface area contributed by atoms with Gasteiger partial charge in [0.25, 0.3) is 0 Å². The first-order valence-electron chi connectivity index (χ1n) is 7.14. The Labute approximate surface area is 115 Å². The largest absolute Gasteiger partial charge is 0.444 e. The molecule has 110 valence electrons. The van der Waals surface area contributed by atoms with E-state index >= 15 is 0 Å². The summed E-state index contributed by atoms with van der Waals surface area (Å²) in [6.45, 7) is 11.3. The summed E-state index contributed by atoms with van der Waals surface area (Å²) < 4.78 is 11.4. The number of rotatable bonds is 0. The second-order valence-corrected chi connectivity index (χ2v) is 6.68. The second kappa shape index (κ2) is 4.94. The molecule has 0 aromatic carbocycles. The molecular weight excluding hydrogens is 244 g/mol. The lowest BCUT2D eigenvalue weighted by atomic mass is 9.86. The molecule has 0 radical (unpaired) electrons. The number of nitrogens with one attached hydrogen (secondary N) is 1. The quantitative estimate of drug-likeness (QED) is 0.732. The minimum absolute atomic E-state index is 0.100. The van der Waals surface area contributed by atoms with Gasteiger partial charge in [0.2, 0.25) is 0 Å². The molecular formula is C14H26N2O3. The SMILES string of the molecule is CC1N[C@H](C)C2(CCN(C(=O)OC(C)(C)C)CC2)O1. The van der Waals surface area contributed by atoms with Gasteiger partial charge in [0.05, 0.1) is 5.60 Å². The van der Waals surface area contributed by atoms with Crippen molar-refractivity contribution in [2.75, 3.05) is 13.1 Å². The van der Waals surface area contributed by atoms with Crippen molar-refractivity contribution >= 4 is 6.09 Å². The van der Waals surface area contributed by atoms with Crippen LogP contribution in [0, 0.1) is 0 Å². The topological polar surface area (TPSA) is 50.8 Å². The van der Waals surface area contributed by atoms with Crippen LogP contribution in [0.5, 0.6) is 0 Å². The summed E-state index contributed by atoms with van der Waals surface area (Å²) >= 11 is 0. The van der Waals surface area contributed by atoms with Gasteiger partial charge in [0.1, 0.15) is 11.8 Å². The number of piperidine rings is 1. The Kier molecular flexibility index (Phi) is 3.80. The van der Waals surface area contributed by atoms with Crippen LogP contribution in [0.15, 0.2) is 0 Å². The summed E-state index contributed by atoms with van der Waals surface area (Å²) in [5.41, 5.74) is -0.544. The van der Waals surface area contributed by atoms with Crippen molar-refractivity contribution < 1.29 is 14.3 Å². The predicted octanol–water partition coefficient (Wildman–Crippen LogP) is 2.11. The molecule has 2 aliphatic heterocycles. The summed E-state index contributed by atoms with van der Waals surface area (Å²) in [5, 5.41) is 3.40. The van der Waals surface area contributed by atoms with Crippen LogP contribution in [0.3, 0.4) is 0 Å². The maximum atomic E-state index is 12.0. The van der Waals surface area contributed by atoms with E-state index in [9.17, 15) is 4.79 Å². The van der Waals surface area contributed by atoms with Crippen molar-refractivity contribution in [2.24, 2.45) is 0 Å². The van der Waals surface area contributed by atoms with Crippen molar-refractivity contribution in [3.8, 4) is 0 Å². The highest BCUT2D eigenvalue weighted by Gasteiger charge is 2.47. The van der Waals surface area contributed by atoms with Gasteiger partial charge in [0, 0.05) is 19.1 Å². The van der Waals surface area contributed by atoms with Gasteiger partial charge in [-0.2, -0.15) is 0 Å². The minimum Gasteiger partial charge on any atom is -0.444 e. The first kappa shape index (κ1) is 14.6. The third-order valence-electron chi connectivity index (χ3n) is 3.95. The Morgan fingerprint density at radius 3 is 2.32 bits per heavy atom. The van der Waals surface area contributed by atoms with Gasteiger partial charge in [-0.15, -0.1) is 0 Å². The van der Waals surface area contributed by atoms with Gasteiger partial charge in [-0.05, 0) is 47.5 Å². The van der Waals surface area contributed by atoms with E-state index in [1.165, 1.54) is 0 Å². The molecule has 1 amide bonds. The van der Waals surface area contributed by atoms with Crippen molar-refractivity contribution in [3.05, 3.63) is 0 Å². The van der Waals surface area contributed by atoms with Crippen LogP contribution in [-0.2, 0) is 9.47 Å². The smallest absolute Gasteiger partial charge is 0.410 e. The highest BCUT2D eigenvalue weighted by Crippen LogP contribution is 2.35. The molecule has 0 aliphatic carbocycles. The van der Waals surface area contributed by atoms with Gasteiger partial charge >= 0.3 is 6.09 Å². The molecule has 19 heavy (non-hydrogen) atoms. The Bertz CT molecular complexity index is 343. The lowest BCUT2D eigenvalue weighted by molar-refractivity contribution is -0.0776. The molecule has 1 N–H and O–H groups in total. The fourth-order valence-electron chi connectivity index (χ4n) is 2.94. The molecule has 0 aromatic rings. The molecule has 0 aromatic heterocycles. The van der Waals surface area contributed by atoms with Crippen molar-refractivity contribution in [1.29, 1.82) is 0 Å². The molecule has 2 atom stereocenters. The monoisotopic (exact) mass is 270 g/mol. The summed E-state index contributed by atoms with van der Waals surface area (Å²) in [4.78, 5) is 13.8. The maximum Gasteiger partial charge on any atom is 0.410 e. The molecule has 2 aliphatic rings. The third kappa shape index (κ3) is 3.20. The van der Waals surface area contributed by atoms with Crippen LogP contribution in [0.25, 0.3) is 0 Å². The van der Waals surface area contributed by atoms with E-state index in [-0.39, 0.29) is 17.9 Å². The van der Waals surface area contributed by atoms with E-state index in [2.05, 4.69) is 12.2 Å². The molecule has 2 heterocycles. The van der Waals surface area contributed by atoms with E-state index in [4.69, 9.17) is 9.47 Å². The number of carbonyl (C=O) groups is 1. The fraction of sp³-hybridized carbons (Fsp3) is 0.929. The molecule has 1 unspecified atom stereocenters. The molecule has 5 nitrogen and oxygen atoms in total. The average molecular weight is 270 g/mol. The number of amides is 1. The summed E-state index contributed by atoms with van der Waals surface area (Å²) in [7, 11) is 0. The Morgan fingerprint density at radius 2 is 1.89 bits per heavy atom. The van der Waals surface area contributed by atoms with Crippen LogP contribution in [0.4, 0.5) is 4.79 Å². The summed E-state index contributed by atoms with van der Waals surface area (Å²) in [5.74, 6) is 0. The zero-order valence-electron chi connectivity index (χ0n) is 12.7. The fourth-order valence-corrected chi connectivity index (χ4v) is 2.94. The van der Waals surface area contributed by atoms with E-state index in [0.717, 1.165) is 12.8 Å². The van der Waals surface area contributed by atoms with E-state index in [1.54, 1.807) is 4.90 Å². The van der Waals surface area contributed by atoms with Crippen molar-refractivity contribution in [3.63, 3.8) is 0 Å². The van der Waals surface area contributed by atoms with Crippen LogP contribution in [-0.4, -0.2) is 47.6 Å². The minimum atomic E-state index is -0.431. The second-order valence-electron chi connectivity index (χ2n) is 6.68. The van der Waals surface area contributed by atoms with Crippen LogP contribution in [0.2, 0.25) is 0 Å². The normalized spacial score (nSPS) is 30.7. The summed E-state index contributed by atoms with van der Waals surface area (Å²) in [6, 6.07) is 0.336. The molecule has 0 bridgehead atoms. The van der Waals surface area contributed by atoms with Gasteiger partial charge < -0.3 is 14.4 Å². The highest BCUT2D eigenvalue weighted by molar-refractivity contribution is 5.68. The molecule has 5 heteroatoms. The Morgan fingerprint density at radius 1 is 1.32 bits per heavy atom. The van der Waals surface area contributed by atoms with E-state index < -0.39 is 5.60 Å². The zero-order valence-corrected chi connectivity index (χ0v) is 12.7. The number of hydrogen-bond acceptors (Lipinski definition) is 4. The Hall–Kier alpha value is -0.810. The average Bonchev–Trinajstić information content (AvgIpc) is 2.52. The summed E-state index contributed by atoms with van der Waals surface area (Å²) in [6.07, 6.45) is 1.62. The molecule has 1 spiro atoms. The lowest BCUT2D eigenvalue weighted by Gasteiger charge is -2.40. The van der Waals surface area contributed by atoms with Gasteiger partial charge in [0.15, 0.2) is 0 Å². The third-order valence-corrected chi connectivity index (χ3v) is 3.95. The molecule has 2 fully saturated rings. The lowest BCUT2D eigenvalue weighted by Crippen LogP contribution is -2.52. The molecule has 2 rings (SSSR count). The van der Waals surface area contributed by atoms with E-state index in [0.29, 0.717) is 19.1 Å². The maximum absolute atomic E-state index is 12.0. The van der Waals surface area contributed by atoms with Gasteiger partial charge in [-0.25, -0.2) is 4.79 Å².